The van der Waals surface area contributed by atoms with Crippen molar-refractivity contribution in [1.29, 1.82) is 0 Å². The van der Waals surface area contributed by atoms with E-state index in [1.807, 2.05) is 0 Å². The van der Waals surface area contributed by atoms with E-state index in [4.69, 9.17) is 9.47 Å². The Labute approximate surface area is 153 Å². The van der Waals surface area contributed by atoms with Crippen LogP contribution in [0.25, 0.3) is 0 Å². The molecule has 1 atom stereocenters. The van der Waals surface area contributed by atoms with Crippen molar-refractivity contribution in [2.75, 3.05) is 13.2 Å². The van der Waals surface area contributed by atoms with Gasteiger partial charge < -0.3 is 14.8 Å². The van der Waals surface area contributed by atoms with Crippen molar-refractivity contribution in [2.24, 2.45) is 0 Å². The molecule has 1 saturated heterocycles. The monoisotopic (exact) mass is 374 g/mol. The first kappa shape index (κ1) is 17.3. The summed E-state index contributed by atoms with van der Waals surface area (Å²) in [5.41, 5.74) is -0.762. The summed E-state index contributed by atoms with van der Waals surface area (Å²) in [6, 6.07) is 7.36. The number of imide groups is 1. The standard InChI is InChI=1S/C19H16F2N2O4/c1-19(12-3-5-15-16(8-12)27-7-6-26-15)17(24)23(18(25)22-19)10-11-2-4-13(20)9-14(11)21/h2-5,8-9H,6-7,10H2,1H3,(H,22,25)/t19-/m0/s1. The summed E-state index contributed by atoms with van der Waals surface area (Å²) in [7, 11) is 0. The molecule has 1 fully saturated rings. The van der Waals surface area contributed by atoms with E-state index in [0.29, 0.717) is 36.3 Å². The molecule has 6 nitrogen and oxygen atoms in total. The third kappa shape index (κ3) is 2.87. The predicted molar refractivity (Wildman–Crippen MR) is 90.2 cm³/mol. The van der Waals surface area contributed by atoms with Gasteiger partial charge in [-0.05, 0) is 30.7 Å². The molecule has 8 heteroatoms. The SMILES string of the molecule is C[C@@]1(c2ccc3c(c2)OCCO3)NC(=O)N(Cc2ccc(F)cc2F)C1=O. The first-order valence-electron chi connectivity index (χ1n) is 8.36. The van der Waals surface area contributed by atoms with Crippen LogP contribution in [0.1, 0.15) is 18.1 Å². The fourth-order valence-electron chi connectivity index (χ4n) is 3.21. The van der Waals surface area contributed by atoms with Crippen molar-refractivity contribution >= 4 is 11.9 Å². The van der Waals surface area contributed by atoms with Crippen LogP contribution in [0, 0.1) is 11.6 Å². The lowest BCUT2D eigenvalue weighted by atomic mass is 9.91. The van der Waals surface area contributed by atoms with Gasteiger partial charge in [0.05, 0.1) is 6.54 Å². The van der Waals surface area contributed by atoms with E-state index in [1.165, 1.54) is 6.07 Å². The van der Waals surface area contributed by atoms with Crippen LogP contribution in [0.4, 0.5) is 13.6 Å². The molecule has 2 aliphatic heterocycles. The van der Waals surface area contributed by atoms with Crippen LogP contribution in [0.2, 0.25) is 0 Å². The highest BCUT2D eigenvalue weighted by Crippen LogP contribution is 2.37. The maximum atomic E-state index is 13.9. The molecule has 4 rings (SSSR count). The first-order chi connectivity index (χ1) is 12.9. The van der Waals surface area contributed by atoms with E-state index in [1.54, 1.807) is 25.1 Å². The molecule has 0 aromatic heterocycles. The summed E-state index contributed by atoms with van der Waals surface area (Å²) >= 11 is 0. The topological polar surface area (TPSA) is 67.9 Å². The molecule has 140 valence electrons. The second-order valence-electron chi connectivity index (χ2n) is 6.54. The van der Waals surface area contributed by atoms with Crippen molar-refractivity contribution < 1.29 is 27.8 Å². The van der Waals surface area contributed by atoms with Gasteiger partial charge in [0.2, 0.25) is 0 Å². The zero-order valence-electron chi connectivity index (χ0n) is 14.4. The van der Waals surface area contributed by atoms with Crippen molar-refractivity contribution in [3.8, 4) is 11.5 Å². The van der Waals surface area contributed by atoms with Gasteiger partial charge in [-0.3, -0.25) is 9.69 Å². The highest BCUT2D eigenvalue weighted by molar-refractivity contribution is 6.07. The number of nitrogens with one attached hydrogen (secondary N) is 1. The molecule has 0 saturated carbocycles. The van der Waals surface area contributed by atoms with Crippen LogP contribution in [-0.2, 0) is 16.9 Å². The highest BCUT2D eigenvalue weighted by atomic mass is 19.1. The van der Waals surface area contributed by atoms with E-state index in [0.717, 1.165) is 11.0 Å². The van der Waals surface area contributed by atoms with E-state index in [2.05, 4.69) is 5.32 Å². The summed E-state index contributed by atoms with van der Waals surface area (Å²) < 4.78 is 38.0. The fourth-order valence-corrected chi connectivity index (χ4v) is 3.21. The van der Waals surface area contributed by atoms with Crippen LogP contribution < -0.4 is 14.8 Å². The Hall–Kier alpha value is -3.16. The number of ether oxygens (including phenoxy) is 2. The van der Waals surface area contributed by atoms with Crippen molar-refractivity contribution in [1.82, 2.24) is 10.2 Å². The fraction of sp³-hybridized carbons (Fsp3) is 0.263. The number of nitrogens with zero attached hydrogens (tertiary/aromatic N) is 1. The average Bonchev–Trinajstić information content (AvgIpc) is 2.87. The number of rotatable bonds is 3. The van der Waals surface area contributed by atoms with Crippen LogP contribution in [0.3, 0.4) is 0 Å². The quantitative estimate of drug-likeness (QED) is 0.839. The van der Waals surface area contributed by atoms with Crippen LogP contribution in [0.15, 0.2) is 36.4 Å². The van der Waals surface area contributed by atoms with Crippen molar-refractivity contribution in [3.05, 3.63) is 59.2 Å². The molecular weight excluding hydrogens is 358 g/mol. The van der Waals surface area contributed by atoms with E-state index >= 15 is 0 Å². The van der Waals surface area contributed by atoms with Gasteiger partial charge in [-0.25, -0.2) is 13.6 Å². The Morgan fingerprint density at radius 3 is 2.56 bits per heavy atom. The number of hydrogen-bond donors (Lipinski definition) is 1. The number of hydrogen-bond acceptors (Lipinski definition) is 4. The molecular formula is C19H16F2N2O4. The lowest BCUT2D eigenvalue weighted by Gasteiger charge is -2.25. The molecule has 0 spiro atoms. The summed E-state index contributed by atoms with van der Waals surface area (Å²) in [6.07, 6.45) is 0. The predicted octanol–water partition coefficient (Wildman–Crippen LogP) is 2.70. The Morgan fingerprint density at radius 2 is 1.81 bits per heavy atom. The lowest BCUT2D eigenvalue weighted by Crippen LogP contribution is -2.41. The third-order valence-electron chi connectivity index (χ3n) is 4.74. The molecule has 2 heterocycles. The van der Waals surface area contributed by atoms with Gasteiger partial charge in [0.25, 0.3) is 5.91 Å². The summed E-state index contributed by atoms with van der Waals surface area (Å²) in [6.45, 7) is 2.11. The first-order valence-corrected chi connectivity index (χ1v) is 8.36. The van der Waals surface area contributed by atoms with Gasteiger partial charge in [-0.1, -0.05) is 12.1 Å². The van der Waals surface area contributed by atoms with Crippen LogP contribution >= 0.6 is 0 Å². The average molecular weight is 374 g/mol. The van der Waals surface area contributed by atoms with Crippen LogP contribution in [0.5, 0.6) is 11.5 Å². The van der Waals surface area contributed by atoms with E-state index in [9.17, 15) is 18.4 Å². The minimum atomic E-state index is -1.33. The zero-order valence-corrected chi connectivity index (χ0v) is 14.4. The smallest absolute Gasteiger partial charge is 0.325 e. The van der Waals surface area contributed by atoms with Crippen LogP contribution in [-0.4, -0.2) is 30.1 Å². The Kier molecular flexibility index (Phi) is 3.98. The van der Waals surface area contributed by atoms with Crippen molar-refractivity contribution in [3.63, 3.8) is 0 Å². The number of urea groups is 1. The zero-order chi connectivity index (χ0) is 19.2. The molecule has 2 aromatic rings. The summed E-state index contributed by atoms with van der Waals surface area (Å²) in [5, 5.41) is 2.65. The Morgan fingerprint density at radius 1 is 1.07 bits per heavy atom. The van der Waals surface area contributed by atoms with Gasteiger partial charge in [-0.15, -0.1) is 0 Å². The molecule has 2 aromatic carbocycles. The van der Waals surface area contributed by atoms with Crippen molar-refractivity contribution in [2.45, 2.75) is 19.0 Å². The normalized spacial score (nSPS) is 21.4. The Balaban J connectivity index is 1.63. The van der Waals surface area contributed by atoms with Gasteiger partial charge in [0.1, 0.15) is 30.4 Å². The van der Waals surface area contributed by atoms with Gasteiger partial charge in [0.15, 0.2) is 11.5 Å². The summed E-state index contributed by atoms with van der Waals surface area (Å²) in [4.78, 5) is 26.3. The van der Waals surface area contributed by atoms with Gasteiger partial charge >= 0.3 is 6.03 Å². The minimum Gasteiger partial charge on any atom is -0.486 e. The second-order valence-corrected chi connectivity index (χ2v) is 6.54. The number of carbonyl (C=O) groups is 2. The second kappa shape index (κ2) is 6.22. The minimum absolute atomic E-state index is 0.0475. The largest absolute Gasteiger partial charge is 0.486 e. The number of amides is 3. The summed E-state index contributed by atoms with van der Waals surface area (Å²) in [5.74, 6) is -1.02. The molecule has 2 aliphatic rings. The Bertz CT molecular complexity index is 949. The van der Waals surface area contributed by atoms with E-state index in [-0.39, 0.29) is 12.1 Å². The number of halogens is 2. The molecule has 0 bridgehead atoms. The maximum Gasteiger partial charge on any atom is 0.325 e. The van der Waals surface area contributed by atoms with Gasteiger partial charge in [0, 0.05) is 11.6 Å². The molecule has 1 N–H and O–H groups in total. The lowest BCUT2D eigenvalue weighted by molar-refractivity contribution is -0.131. The molecule has 0 unspecified atom stereocenters. The maximum absolute atomic E-state index is 13.9. The molecule has 0 radical (unpaired) electrons. The number of fused-ring (bicyclic) bond motifs is 1. The highest BCUT2D eigenvalue weighted by Gasteiger charge is 2.49. The molecule has 27 heavy (non-hydrogen) atoms. The van der Waals surface area contributed by atoms with Gasteiger partial charge in [-0.2, -0.15) is 0 Å². The molecule has 3 amide bonds. The number of carbonyl (C=O) groups excluding carboxylic acids is 2. The van der Waals surface area contributed by atoms with E-state index < -0.39 is 29.1 Å². The third-order valence-corrected chi connectivity index (χ3v) is 4.74. The number of benzene rings is 2. The molecule has 0 aliphatic carbocycles.